The van der Waals surface area contributed by atoms with E-state index in [0.29, 0.717) is 0 Å². The number of rotatable bonds is 5. The molecular formula is C25H28O4Se. The molecule has 1 aliphatic rings. The number of aromatic carboxylic acids is 1. The minimum atomic E-state index is -0.929. The van der Waals surface area contributed by atoms with Gasteiger partial charge < -0.3 is 0 Å². The average Bonchev–Trinajstić information content (AvgIpc) is 2.70. The second-order valence-corrected chi connectivity index (χ2v) is 10.7. The van der Waals surface area contributed by atoms with Crippen LogP contribution in [0.25, 0.3) is 0 Å². The number of methoxy groups -OCH3 is 1. The summed E-state index contributed by atoms with van der Waals surface area (Å²) in [6.45, 7) is 9.39. The predicted octanol–water partition coefficient (Wildman–Crippen LogP) is 4.06. The Labute approximate surface area is 185 Å². The molecule has 1 N–H and O–H groups in total. The standard InChI is InChI=1S/C25H28O4Se/c1-24(2)11-12-25(3,4)22-20(24)14-19(15-21(22)29-16-28-5)30-13-10-17-6-8-18(9-7-17)23(26)27/h6-9,14-15H,11-12,16H2,1-5H3,(H,26,27). The van der Waals surface area contributed by atoms with Gasteiger partial charge in [0.05, 0.1) is 0 Å². The summed E-state index contributed by atoms with van der Waals surface area (Å²) in [7, 11) is 1.64. The van der Waals surface area contributed by atoms with Crippen LogP contribution >= 0.6 is 0 Å². The topological polar surface area (TPSA) is 55.8 Å². The van der Waals surface area contributed by atoms with Crippen molar-refractivity contribution in [2.24, 2.45) is 0 Å². The van der Waals surface area contributed by atoms with Crippen molar-refractivity contribution in [3.63, 3.8) is 0 Å². The normalized spacial score (nSPS) is 16.2. The molecule has 0 aliphatic heterocycles. The van der Waals surface area contributed by atoms with Gasteiger partial charge in [-0.3, -0.25) is 0 Å². The van der Waals surface area contributed by atoms with Crippen LogP contribution in [0.1, 0.15) is 67.6 Å². The molecule has 3 rings (SSSR count). The van der Waals surface area contributed by atoms with Gasteiger partial charge in [-0.1, -0.05) is 0 Å². The van der Waals surface area contributed by atoms with E-state index in [1.807, 2.05) is 0 Å². The Balaban J connectivity index is 1.93. The van der Waals surface area contributed by atoms with Crippen molar-refractivity contribution in [1.29, 1.82) is 0 Å². The summed E-state index contributed by atoms with van der Waals surface area (Å²) in [5.74, 6) is 3.13. The van der Waals surface area contributed by atoms with Gasteiger partial charge in [-0.05, 0) is 0 Å². The van der Waals surface area contributed by atoms with Crippen LogP contribution in [-0.2, 0) is 15.6 Å². The number of carboxylic acids is 1. The number of hydrogen-bond donors (Lipinski definition) is 1. The Kier molecular flexibility index (Phi) is 6.62. The van der Waals surface area contributed by atoms with Crippen molar-refractivity contribution in [3.05, 3.63) is 58.7 Å². The molecule has 4 nitrogen and oxygen atoms in total. The molecule has 0 fully saturated rings. The number of carboxylic acid groups (broad SMARTS) is 1. The monoisotopic (exact) mass is 472 g/mol. The summed E-state index contributed by atoms with van der Waals surface area (Å²) in [4.78, 5) is 14.3. The molecule has 30 heavy (non-hydrogen) atoms. The van der Waals surface area contributed by atoms with Crippen molar-refractivity contribution in [2.45, 2.75) is 51.4 Å². The molecule has 0 atom stereocenters. The predicted molar refractivity (Wildman–Crippen MR) is 120 cm³/mol. The van der Waals surface area contributed by atoms with Crippen LogP contribution in [0.5, 0.6) is 5.75 Å². The van der Waals surface area contributed by atoms with Crippen LogP contribution in [-0.4, -0.2) is 39.9 Å². The summed E-state index contributed by atoms with van der Waals surface area (Å²) >= 11 is -0.0522. The molecular weight excluding hydrogens is 443 g/mol. The molecule has 1 aliphatic carbocycles. The van der Waals surface area contributed by atoms with Crippen LogP contribution in [0.2, 0.25) is 0 Å². The van der Waals surface area contributed by atoms with Gasteiger partial charge in [0.2, 0.25) is 0 Å². The quantitative estimate of drug-likeness (QED) is 0.406. The fourth-order valence-corrected chi connectivity index (χ4v) is 5.16. The van der Waals surface area contributed by atoms with E-state index >= 15 is 0 Å². The first-order valence-electron chi connectivity index (χ1n) is 9.96. The van der Waals surface area contributed by atoms with Gasteiger partial charge in [0.1, 0.15) is 0 Å². The second-order valence-electron chi connectivity index (χ2n) is 8.87. The number of ether oxygens (including phenoxy) is 2. The van der Waals surface area contributed by atoms with E-state index in [1.54, 1.807) is 31.4 Å². The number of hydrogen-bond acceptors (Lipinski definition) is 3. The SMILES string of the molecule is COCOc1cc([Se]C#Cc2ccc(C(=O)O)cc2)cc2c1C(C)(C)CCC2(C)C. The molecule has 0 saturated carbocycles. The van der Waals surface area contributed by atoms with Gasteiger partial charge >= 0.3 is 185 Å². The molecule has 0 heterocycles. The van der Waals surface area contributed by atoms with Gasteiger partial charge in [-0.2, -0.15) is 0 Å². The van der Waals surface area contributed by atoms with Gasteiger partial charge in [-0.15, -0.1) is 0 Å². The summed E-state index contributed by atoms with van der Waals surface area (Å²) in [5, 5.41) is 9.01. The van der Waals surface area contributed by atoms with E-state index in [9.17, 15) is 4.79 Å². The zero-order valence-electron chi connectivity index (χ0n) is 18.2. The van der Waals surface area contributed by atoms with E-state index in [-0.39, 0.29) is 38.1 Å². The number of fused-ring (bicyclic) bond motifs is 1. The van der Waals surface area contributed by atoms with Gasteiger partial charge in [0, 0.05) is 0 Å². The van der Waals surface area contributed by atoms with Crippen LogP contribution in [0.3, 0.4) is 0 Å². The number of benzene rings is 2. The molecule has 2 aromatic carbocycles. The van der Waals surface area contributed by atoms with E-state index in [4.69, 9.17) is 14.6 Å². The summed E-state index contributed by atoms with van der Waals surface area (Å²) < 4.78 is 12.4. The molecule has 0 unspecified atom stereocenters. The maximum atomic E-state index is 11.0. The Hall–Kier alpha value is -2.25. The first kappa shape index (κ1) is 22.4. The zero-order valence-corrected chi connectivity index (χ0v) is 19.9. The third-order valence-corrected chi connectivity index (χ3v) is 7.10. The number of carbonyl (C=O) groups is 1. The third kappa shape index (κ3) is 4.90. The van der Waals surface area contributed by atoms with Crippen molar-refractivity contribution < 1.29 is 19.4 Å². The fraction of sp³-hybridized carbons (Fsp3) is 0.400. The van der Waals surface area contributed by atoms with Crippen molar-refractivity contribution in [3.8, 4) is 16.5 Å². The second kappa shape index (κ2) is 8.86. The van der Waals surface area contributed by atoms with E-state index < -0.39 is 5.97 Å². The van der Waals surface area contributed by atoms with Gasteiger partial charge in [0.25, 0.3) is 0 Å². The van der Waals surface area contributed by atoms with Crippen LogP contribution in [0, 0.1) is 10.7 Å². The van der Waals surface area contributed by atoms with E-state index in [0.717, 1.165) is 24.2 Å². The summed E-state index contributed by atoms with van der Waals surface area (Å²) in [6, 6.07) is 11.1. The molecule has 0 bridgehead atoms. The molecule has 0 aromatic heterocycles. The van der Waals surface area contributed by atoms with Crippen molar-refractivity contribution >= 4 is 25.4 Å². The summed E-state index contributed by atoms with van der Waals surface area (Å²) in [5.41, 5.74) is 3.85. The minimum absolute atomic E-state index is 0.0522. The Bertz CT molecular complexity index is 994. The molecule has 0 spiro atoms. The van der Waals surface area contributed by atoms with E-state index in [2.05, 4.69) is 50.6 Å². The van der Waals surface area contributed by atoms with Crippen LogP contribution in [0.15, 0.2) is 36.4 Å². The van der Waals surface area contributed by atoms with E-state index in [1.165, 1.54) is 15.6 Å². The summed E-state index contributed by atoms with van der Waals surface area (Å²) in [6.07, 6.45) is 2.25. The first-order valence-corrected chi connectivity index (χ1v) is 11.7. The Morgan fingerprint density at radius 3 is 2.40 bits per heavy atom. The van der Waals surface area contributed by atoms with Crippen LogP contribution < -0.4 is 9.20 Å². The molecule has 2 aromatic rings. The van der Waals surface area contributed by atoms with Crippen molar-refractivity contribution in [2.75, 3.05) is 13.9 Å². The van der Waals surface area contributed by atoms with Crippen LogP contribution in [0.4, 0.5) is 0 Å². The Morgan fingerprint density at radius 1 is 1.10 bits per heavy atom. The first-order chi connectivity index (χ1) is 14.1. The molecule has 0 saturated heterocycles. The van der Waals surface area contributed by atoms with Crippen molar-refractivity contribution in [1.82, 2.24) is 0 Å². The molecule has 0 amide bonds. The average molecular weight is 471 g/mol. The zero-order chi connectivity index (χ0) is 21.9. The fourth-order valence-electron chi connectivity index (χ4n) is 3.84. The Morgan fingerprint density at radius 2 is 1.77 bits per heavy atom. The maximum absolute atomic E-state index is 11.0. The van der Waals surface area contributed by atoms with Gasteiger partial charge in [-0.25, -0.2) is 0 Å². The van der Waals surface area contributed by atoms with Gasteiger partial charge in [0.15, 0.2) is 0 Å². The molecule has 158 valence electrons. The molecule has 0 radical (unpaired) electrons. The molecule has 5 heteroatoms. The third-order valence-electron chi connectivity index (χ3n) is 5.68.